The van der Waals surface area contributed by atoms with Crippen LogP contribution in [0.4, 0.5) is 0 Å². The standard InChI is InChI=1S/C19H16N2O2S/c22-18(9-8-17-7-4-12-24-17)21-14-15-10-11-20-19(13-15)23-16-5-2-1-3-6-16/h1-13H,14H2,(H,21,22). The van der Waals surface area contributed by atoms with E-state index >= 15 is 0 Å². The van der Waals surface area contributed by atoms with Gasteiger partial charge < -0.3 is 10.1 Å². The second-order valence-electron chi connectivity index (χ2n) is 4.98. The lowest BCUT2D eigenvalue weighted by Gasteiger charge is -2.07. The minimum Gasteiger partial charge on any atom is -0.439 e. The van der Waals surface area contributed by atoms with E-state index in [4.69, 9.17) is 4.74 Å². The lowest BCUT2D eigenvalue weighted by atomic mass is 10.2. The van der Waals surface area contributed by atoms with Gasteiger partial charge in [0.05, 0.1) is 0 Å². The average Bonchev–Trinajstić information content (AvgIpc) is 3.13. The molecule has 2 heterocycles. The van der Waals surface area contributed by atoms with Gasteiger partial charge in [-0.1, -0.05) is 24.3 Å². The zero-order valence-electron chi connectivity index (χ0n) is 12.9. The van der Waals surface area contributed by atoms with Gasteiger partial charge in [-0.25, -0.2) is 4.98 Å². The van der Waals surface area contributed by atoms with Gasteiger partial charge in [0.2, 0.25) is 11.8 Å². The largest absolute Gasteiger partial charge is 0.439 e. The summed E-state index contributed by atoms with van der Waals surface area (Å²) in [6, 6.07) is 17.0. The first-order valence-electron chi connectivity index (χ1n) is 7.47. The van der Waals surface area contributed by atoms with Gasteiger partial charge in [0, 0.05) is 29.8 Å². The van der Waals surface area contributed by atoms with Crippen LogP contribution in [0.1, 0.15) is 10.4 Å². The van der Waals surface area contributed by atoms with E-state index in [1.54, 1.807) is 23.6 Å². The van der Waals surface area contributed by atoms with Crippen molar-refractivity contribution in [2.24, 2.45) is 0 Å². The van der Waals surface area contributed by atoms with Gasteiger partial charge in [-0.05, 0) is 41.3 Å². The minimum atomic E-state index is -0.134. The first-order chi connectivity index (χ1) is 11.8. The quantitative estimate of drug-likeness (QED) is 0.684. The lowest BCUT2D eigenvalue weighted by molar-refractivity contribution is -0.116. The Bertz CT molecular complexity index is 814. The molecule has 0 aliphatic heterocycles. The Balaban J connectivity index is 1.55. The van der Waals surface area contributed by atoms with Crippen LogP contribution in [0.25, 0.3) is 6.08 Å². The number of rotatable bonds is 6. The fraction of sp³-hybridized carbons (Fsp3) is 0.0526. The van der Waals surface area contributed by atoms with E-state index in [0.717, 1.165) is 16.2 Å². The molecule has 3 aromatic rings. The third-order valence-corrected chi connectivity index (χ3v) is 4.01. The highest BCUT2D eigenvalue weighted by Gasteiger charge is 2.02. The molecule has 0 saturated carbocycles. The SMILES string of the molecule is O=C(C=Cc1cccs1)NCc1ccnc(Oc2ccccc2)c1. The zero-order chi connectivity index (χ0) is 16.6. The van der Waals surface area contributed by atoms with Gasteiger partial charge in [0.15, 0.2) is 0 Å². The van der Waals surface area contributed by atoms with Gasteiger partial charge in [0.25, 0.3) is 0 Å². The maximum absolute atomic E-state index is 11.8. The molecular weight excluding hydrogens is 320 g/mol. The van der Waals surface area contributed by atoms with Crippen LogP contribution < -0.4 is 10.1 Å². The number of amides is 1. The number of hydrogen-bond donors (Lipinski definition) is 1. The lowest BCUT2D eigenvalue weighted by Crippen LogP contribution is -2.20. The Morgan fingerprint density at radius 2 is 2.04 bits per heavy atom. The summed E-state index contributed by atoms with van der Waals surface area (Å²) in [4.78, 5) is 17.1. The number of nitrogens with one attached hydrogen (secondary N) is 1. The molecule has 24 heavy (non-hydrogen) atoms. The molecule has 5 heteroatoms. The third kappa shape index (κ3) is 4.79. The van der Waals surface area contributed by atoms with Crippen molar-refractivity contribution in [2.75, 3.05) is 0 Å². The Hall–Kier alpha value is -2.92. The van der Waals surface area contributed by atoms with Crippen LogP contribution in [0, 0.1) is 0 Å². The summed E-state index contributed by atoms with van der Waals surface area (Å²) >= 11 is 1.59. The number of hydrogen-bond acceptors (Lipinski definition) is 4. The molecule has 0 aliphatic carbocycles. The van der Waals surface area contributed by atoms with E-state index in [1.807, 2.05) is 60.0 Å². The average molecular weight is 336 g/mol. The molecule has 1 N–H and O–H groups in total. The first kappa shape index (κ1) is 16.0. The molecular formula is C19H16N2O2S. The molecule has 0 spiro atoms. The van der Waals surface area contributed by atoms with Crippen LogP contribution in [-0.4, -0.2) is 10.9 Å². The summed E-state index contributed by atoms with van der Waals surface area (Å²) in [5, 5.41) is 4.82. The van der Waals surface area contributed by atoms with Crippen LogP contribution in [0.15, 0.2) is 72.3 Å². The molecule has 120 valence electrons. The maximum Gasteiger partial charge on any atom is 0.244 e. The van der Waals surface area contributed by atoms with E-state index in [9.17, 15) is 4.79 Å². The molecule has 0 radical (unpaired) electrons. The highest BCUT2D eigenvalue weighted by molar-refractivity contribution is 7.10. The van der Waals surface area contributed by atoms with Crippen molar-refractivity contribution >= 4 is 23.3 Å². The van der Waals surface area contributed by atoms with Crippen molar-refractivity contribution in [3.8, 4) is 11.6 Å². The monoisotopic (exact) mass is 336 g/mol. The van der Waals surface area contributed by atoms with E-state index in [0.29, 0.717) is 12.4 Å². The molecule has 0 bridgehead atoms. The summed E-state index contributed by atoms with van der Waals surface area (Å²) in [6.07, 6.45) is 5.01. The number of aromatic nitrogens is 1. The van der Waals surface area contributed by atoms with Crippen LogP contribution in [-0.2, 0) is 11.3 Å². The highest BCUT2D eigenvalue weighted by atomic mass is 32.1. The van der Waals surface area contributed by atoms with Crippen molar-refractivity contribution in [3.63, 3.8) is 0 Å². The van der Waals surface area contributed by atoms with Gasteiger partial charge in [0.1, 0.15) is 5.75 Å². The fourth-order valence-corrected chi connectivity index (χ4v) is 2.64. The molecule has 1 amide bonds. The zero-order valence-corrected chi connectivity index (χ0v) is 13.7. The minimum absolute atomic E-state index is 0.134. The number of nitrogens with zero attached hydrogens (tertiary/aromatic N) is 1. The van der Waals surface area contributed by atoms with Crippen molar-refractivity contribution in [3.05, 3.63) is 82.7 Å². The summed E-state index contributed by atoms with van der Waals surface area (Å²) in [6.45, 7) is 0.418. The Morgan fingerprint density at radius 1 is 1.17 bits per heavy atom. The number of thiophene rings is 1. The molecule has 3 rings (SSSR count). The molecule has 0 unspecified atom stereocenters. The highest BCUT2D eigenvalue weighted by Crippen LogP contribution is 2.19. The van der Waals surface area contributed by atoms with Crippen LogP contribution in [0.2, 0.25) is 0 Å². The predicted molar refractivity (Wildman–Crippen MR) is 96.0 cm³/mol. The van der Waals surface area contributed by atoms with Crippen molar-refractivity contribution in [1.82, 2.24) is 10.3 Å². The fourth-order valence-electron chi connectivity index (χ4n) is 2.02. The molecule has 4 nitrogen and oxygen atoms in total. The second kappa shape index (κ2) is 8.08. The first-order valence-corrected chi connectivity index (χ1v) is 8.35. The molecule has 1 aromatic carbocycles. The van der Waals surface area contributed by atoms with Crippen molar-refractivity contribution in [2.45, 2.75) is 6.54 Å². The Kier molecular flexibility index (Phi) is 5.37. The Morgan fingerprint density at radius 3 is 2.83 bits per heavy atom. The van der Waals surface area contributed by atoms with Gasteiger partial charge >= 0.3 is 0 Å². The number of carbonyl (C=O) groups is 1. The van der Waals surface area contributed by atoms with Crippen LogP contribution in [0.5, 0.6) is 11.6 Å². The number of ether oxygens (including phenoxy) is 1. The molecule has 0 saturated heterocycles. The predicted octanol–water partition coefficient (Wildman–Crippen LogP) is 4.27. The van der Waals surface area contributed by atoms with Crippen LogP contribution in [0.3, 0.4) is 0 Å². The van der Waals surface area contributed by atoms with E-state index in [-0.39, 0.29) is 5.91 Å². The summed E-state index contributed by atoms with van der Waals surface area (Å²) in [5.74, 6) is 1.10. The smallest absolute Gasteiger partial charge is 0.244 e. The summed E-state index contributed by atoms with van der Waals surface area (Å²) in [7, 11) is 0. The number of benzene rings is 1. The van der Waals surface area contributed by atoms with E-state index in [2.05, 4.69) is 10.3 Å². The molecule has 0 fully saturated rings. The topological polar surface area (TPSA) is 51.2 Å². The van der Waals surface area contributed by atoms with Crippen molar-refractivity contribution < 1.29 is 9.53 Å². The Labute approximate surface area is 144 Å². The molecule has 0 aliphatic rings. The summed E-state index contributed by atoms with van der Waals surface area (Å²) in [5.41, 5.74) is 0.925. The van der Waals surface area contributed by atoms with Crippen LogP contribution >= 0.6 is 11.3 Å². The number of pyridine rings is 1. The van der Waals surface area contributed by atoms with E-state index < -0.39 is 0 Å². The van der Waals surface area contributed by atoms with E-state index in [1.165, 1.54) is 6.08 Å². The van der Waals surface area contributed by atoms with Crippen molar-refractivity contribution in [1.29, 1.82) is 0 Å². The van der Waals surface area contributed by atoms with Gasteiger partial charge in [-0.15, -0.1) is 11.3 Å². The second-order valence-corrected chi connectivity index (χ2v) is 5.96. The van der Waals surface area contributed by atoms with Gasteiger partial charge in [-0.2, -0.15) is 0 Å². The maximum atomic E-state index is 11.8. The molecule has 0 atom stereocenters. The summed E-state index contributed by atoms with van der Waals surface area (Å²) < 4.78 is 5.69. The third-order valence-electron chi connectivity index (χ3n) is 3.17. The number of carbonyl (C=O) groups excluding carboxylic acids is 1. The van der Waals surface area contributed by atoms with Gasteiger partial charge in [-0.3, -0.25) is 4.79 Å². The molecule has 2 aromatic heterocycles. The normalized spacial score (nSPS) is 10.7. The number of para-hydroxylation sites is 1.